The van der Waals surface area contributed by atoms with Gasteiger partial charge in [-0.3, -0.25) is 0 Å². The number of nitrogens with zero attached hydrogens (tertiary/aromatic N) is 2. The van der Waals surface area contributed by atoms with E-state index in [-0.39, 0.29) is 29.5 Å². The summed E-state index contributed by atoms with van der Waals surface area (Å²) in [7, 11) is 0. The molecule has 2 nitrogen and oxygen atoms in total. The summed E-state index contributed by atoms with van der Waals surface area (Å²) in [6.45, 7) is 0. The van der Waals surface area contributed by atoms with Crippen molar-refractivity contribution in [3.8, 4) is 0 Å². The highest BCUT2D eigenvalue weighted by Crippen LogP contribution is 2.19. The van der Waals surface area contributed by atoms with Gasteiger partial charge in [-0.2, -0.15) is 9.78 Å². The fourth-order valence-corrected chi connectivity index (χ4v) is 0.419. The molecule has 66 valence electrons. The average Bonchev–Trinajstić information content (AvgIpc) is 2.08. The molecule has 0 bridgehead atoms. The van der Waals surface area contributed by atoms with Gasteiger partial charge in [-0.15, -0.1) is 38.0 Å². The Morgan fingerprint density at radius 2 is 1.73 bits per heavy atom. The highest BCUT2D eigenvalue weighted by atomic mass is 35.5. The maximum Gasteiger partial charge on any atom is 0.504 e. The maximum atomic E-state index is 11.5. The number of aromatic nitrogens is 2. The molecule has 0 aliphatic rings. The van der Waals surface area contributed by atoms with Gasteiger partial charge in [-0.1, -0.05) is 0 Å². The number of halogens is 5. The zero-order valence-corrected chi connectivity index (χ0v) is 6.71. The van der Waals surface area contributed by atoms with Gasteiger partial charge in [0.2, 0.25) is 0 Å². The maximum absolute atomic E-state index is 11.5. The molecular formula is C4H5Cl2F3N2. The summed E-state index contributed by atoms with van der Waals surface area (Å²) >= 11 is 0. The van der Waals surface area contributed by atoms with Gasteiger partial charge >= 0.3 is 6.30 Å². The Morgan fingerprint density at radius 1 is 1.18 bits per heavy atom. The van der Waals surface area contributed by atoms with Crippen molar-refractivity contribution in [3.05, 3.63) is 18.5 Å². The number of alkyl halides is 3. The predicted molar refractivity (Wildman–Crippen MR) is 38.0 cm³/mol. The van der Waals surface area contributed by atoms with Crippen molar-refractivity contribution in [3.63, 3.8) is 0 Å². The van der Waals surface area contributed by atoms with Gasteiger partial charge in [0.05, 0.1) is 0 Å². The first kappa shape index (κ1) is 13.2. The molecule has 1 heterocycles. The minimum atomic E-state index is -4.37. The van der Waals surface area contributed by atoms with E-state index in [9.17, 15) is 13.2 Å². The van der Waals surface area contributed by atoms with E-state index < -0.39 is 6.30 Å². The quantitative estimate of drug-likeness (QED) is 0.640. The molecule has 7 heteroatoms. The molecule has 1 aromatic rings. The smallest absolute Gasteiger partial charge is 0.179 e. The lowest BCUT2D eigenvalue weighted by molar-refractivity contribution is -0.212. The van der Waals surface area contributed by atoms with Crippen LogP contribution in [0.2, 0.25) is 0 Å². The van der Waals surface area contributed by atoms with Crippen LogP contribution in [0.15, 0.2) is 18.5 Å². The van der Waals surface area contributed by atoms with Crippen LogP contribution in [0.25, 0.3) is 0 Å². The van der Waals surface area contributed by atoms with Crippen molar-refractivity contribution < 1.29 is 13.2 Å². The first-order valence-electron chi connectivity index (χ1n) is 2.17. The van der Waals surface area contributed by atoms with E-state index in [0.717, 1.165) is 12.4 Å². The zero-order valence-electron chi connectivity index (χ0n) is 5.08. The van der Waals surface area contributed by atoms with Crippen molar-refractivity contribution in [2.75, 3.05) is 0 Å². The van der Waals surface area contributed by atoms with E-state index in [1.54, 1.807) is 0 Å². The van der Waals surface area contributed by atoms with Crippen molar-refractivity contribution in [2.24, 2.45) is 0 Å². The molecule has 0 aliphatic heterocycles. The number of hydrogen-bond acceptors (Lipinski definition) is 1. The second-order valence-corrected chi connectivity index (χ2v) is 1.42. The molecule has 0 aromatic carbocycles. The van der Waals surface area contributed by atoms with Crippen LogP contribution in [-0.4, -0.2) is 9.78 Å². The van der Waals surface area contributed by atoms with Crippen LogP contribution in [0.4, 0.5) is 13.2 Å². The van der Waals surface area contributed by atoms with Gasteiger partial charge in [0, 0.05) is 12.4 Å². The average molecular weight is 209 g/mol. The molecule has 0 aliphatic carbocycles. The second kappa shape index (κ2) is 4.46. The van der Waals surface area contributed by atoms with E-state index >= 15 is 0 Å². The third-order valence-electron chi connectivity index (χ3n) is 0.764. The fourth-order valence-electron chi connectivity index (χ4n) is 0.419. The van der Waals surface area contributed by atoms with Crippen molar-refractivity contribution in [1.82, 2.24) is 9.78 Å². The normalized spacial score (nSPS) is 9.73. The second-order valence-electron chi connectivity index (χ2n) is 1.42. The SMILES string of the molecule is Cl.Cl.FC(F)(F)n1cccn1. The Morgan fingerprint density at radius 3 is 1.91 bits per heavy atom. The first-order valence-corrected chi connectivity index (χ1v) is 2.17. The minimum Gasteiger partial charge on any atom is -0.179 e. The van der Waals surface area contributed by atoms with Crippen LogP contribution in [0.1, 0.15) is 0 Å². The molecular weight excluding hydrogens is 204 g/mol. The summed E-state index contributed by atoms with van der Waals surface area (Å²) in [5, 5.41) is 2.98. The van der Waals surface area contributed by atoms with Crippen LogP contribution in [0.5, 0.6) is 0 Å². The fraction of sp³-hybridized carbons (Fsp3) is 0.250. The highest BCUT2D eigenvalue weighted by Gasteiger charge is 2.30. The molecule has 1 rings (SSSR count). The Bertz CT molecular complexity index is 184. The van der Waals surface area contributed by atoms with Gasteiger partial charge < -0.3 is 0 Å². The first-order chi connectivity index (χ1) is 4.11. The van der Waals surface area contributed by atoms with Gasteiger partial charge in [0.15, 0.2) is 0 Å². The van der Waals surface area contributed by atoms with Gasteiger partial charge in [-0.05, 0) is 6.07 Å². The zero-order chi connectivity index (χ0) is 6.91. The summed E-state index contributed by atoms with van der Waals surface area (Å²) in [5.41, 5.74) is 0. The largest absolute Gasteiger partial charge is 0.504 e. The molecule has 0 atom stereocenters. The molecule has 11 heavy (non-hydrogen) atoms. The van der Waals surface area contributed by atoms with Crippen LogP contribution < -0.4 is 0 Å². The lowest BCUT2D eigenvalue weighted by Crippen LogP contribution is -2.16. The number of rotatable bonds is 0. The minimum absolute atomic E-state index is 0. The Labute approximate surface area is 73.2 Å². The van der Waals surface area contributed by atoms with E-state index in [0.29, 0.717) is 0 Å². The van der Waals surface area contributed by atoms with Crippen molar-refractivity contribution in [1.29, 1.82) is 0 Å². The summed E-state index contributed by atoms with van der Waals surface area (Å²) in [4.78, 5) is 0. The summed E-state index contributed by atoms with van der Waals surface area (Å²) in [6.07, 6.45) is -2.45. The van der Waals surface area contributed by atoms with Crippen LogP contribution in [-0.2, 0) is 6.30 Å². The predicted octanol–water partition coefficient (Wildman–Crippen LogP) is 2.20. The molecule has 0 amide bonds. The summed E-state index contributed by atoms with van der Waals surface area (Å²) in [5.74, 6) is 0. The van der Waals surface area contributed by atoms with E-state index in [4.69, 9.17) is 0 Å². The third-order valence-corrected chi connectivity index (χ3v) is 0.764. The van der Waals surface area contributed by atoms with Gasteiger partial charge in [-0.25, -0.2) is 0 Å². The topological polar surface area (TPSA) is 17.8 Å². The summed E-state index contributed by atoms with van der Waals surface area (Å²) in [6, 6.07) is 1.22. The number of hydrogen-bond donors (Lipinski definition) is 0. The van der Waals surface area contributed by atoms with Crippen LogP contribution in [0, 0.1) is 0 Å². The van der Waals surface area contributed by atoms with Crippen molar-refractivity contribution >= 4 is 24.8 Å². The Kier molecular flexibility index (Phi) is 5.34. The Balaban J connectivity index is 0. The Hall–Kier alpha value is -0.420. The van der Waals surface area contributed by atoms with Gasteiger partial charge in [0.25, 0.3) is 0 Å². The van der Waals surface area contributed by atoms with Gasteiger partial charge in [0.1, 0.15) is 0 Å². The molecule has 0 saturated carbocycles. The molecule has 0 spiro atoms. The highest BCUT2D eigenvalue weighted by molar-refractivity contribution is 5.85. The van der Waals surface area contributed by atoms with Crippen LogP contribution in [0.3, 0.4) is 0 Å². The molecule has 0 N–H and O–H groups in total. The molecule has 0 saturated heterocycles. The lowest BCUT2D eigenvalue weighted by Gasteiger charge is -2.03. The lowest BCUT2D eigenvalue weighted by atomic mass is 10.8. The standard InChI is InChI=1S/C4H3F3N2.2ClH/c5-4(6,7)9-3-1-2-8-9;;/h1-3H;2*1H. The monoisotopic (exact) mass is 208 g/mol. The molecule has 0 radical (unpaired) electrons. The van der Waals surface area contributed by atoms with E-state index in [2.05, 4.69) is 5.10 Å². The molecule has 0 fully saturated rings. The van der Waals surface area contributed by atoms with Crippen molar-refractivity contribution in [2.45, 2.75) is 6.30 Å². The molecule has 1 aromatic heterocycles. The van der Waals surface area contributed by atoms with E-state index in [1.165, 1.54) is 6.07 Å². The molecule has 0 unspecified atom stereocenters. The summed E-state index contributed by atoms with van der Waals surface area (Å²) < 4.78 is 34.5. The van der Waals surface area contributed by atoms with Crippen LogP contribution >= 0.6 is 24.8 Å². The van der Waals surface area contributed by atoms with E-state index in [1.807, 2.05) is 0 Å². The third kappa shape index (κ3) is 3.48.